The number of hydrogen-bond donors (Lipinski definition) is 1. The maximum atomic E-state index is 11.0. The maximum Gasteiger partial charge on any atom is 0.335 e. The third-order valence-corrected chi connectivity index (χ3v) is 3.23. The molecule has 1 N–H and O–H groups in total. The Balaban J connectivity index is 2.13. The highest BCUT2D eigenvalue weighted by Gasteiger charge is 2.14. The van der Waals surface area contributed by atoms with E-state index in [1.54, 1.807) is 12.1 Å². The van der Waals surface area contributed by atoms with Crippen molar-refractivity contribution in [1.29, 1.82) is 0 Å². The quantitative estimate of drug-likeness (QED) is 0.656. The van der Waals surface area contributed by atoms with Gasteiger partial charge in [0.15, 0.2) is 0 Å². The van der Waals surface area contributed by atoms with Crippen molar-refractivity contribution < 1.29 is 19.6 Å². The zero-order chi connectivity index (χ0) is 15.4. The van der Waals surface area contributed by atoms with E-state index < -0.39 is 10.9 Å². The molecule has 0 spiro atoms. The Bertz CT molecular complexity index is 684. The fourth-order valence-electron chi connectivity index (χ4n) is 1.68. The molecule has 0 saturated carbocycles. The Morgan fingerprint density at radius 1 is 1.24 bits per heavy atom. The summed E-state index contributed by atoms with van der Waals surface area (Å²) in [7, 11) is 0. The van der Waals surface area contributed by atoms with Crippen LogP contribution < -0.4 is 4.74 Å². The molecule has 0 atom stereocenters. The molecular formula is C14H10BrNO5. The van der Waals surface area contributed by atoms with Gasteiger partial charge in [-0.1, -0.05) is 15.9 Å². The molecule has 0 unspecified atom stereocenters. The zero-order valence-corrected chi connectivity index (χ0v) is 12.2. The topological polar surface area (TPSA) is 89.7 Å². The van der Waals surface area contributed by atoms with Gasteiger partial charge in [-0.15, -0.1) is 0 Å². The molecule has 0 heterocycles. The second-order valence-electron chi connectivity index (χ2n) is 4.15. The molecule has 0 saturated heterocycles. The Morgan fingerprint density at radius 2 is 1.90 bits per heavy atom. The largest absolute Gasteiger partial charge is 0.489 e. The standard InChI is InChI=1S/C14H10BrNO5/c15-11-4-1-10(13(7-11)16(19)20)8-21-12-5-2-9(3-6-12)14(17)18/h1-7H,8H2,(H,17,18). The van der Waals surface area contributed by atoms with Crippen LogP contribution in [0.25, 0.3) is 0 Å². The summed E-state index contributed by atoms with van der Waals surface area (Å²) in [5.74, 6) is -0.581. The molecule has 0 amide bonds. The van der Waals surface area contributed by atoms with Gasteiger partial charge in [0.05, 0.1) is 16.1 Å². The Hall–Kier alpha value is -2.41. The molecule has 2 aromatic rings. The molecular weight excluding hydrogens is 342 g/mol. The molecule has 0 aliphatic heterocycles. The van der Waals surface area contributed by atoms with Gasteiger partial charge >= 0.3 is 5.97 Å². The minimum atomic E-state index is -1.02. The van der Waals surface area contributed by atoms with E-state index in [2.05, 4.69) is 15.9 Å². The number of aromatic carboxylic acids is 1. The van der Waals surface area contributed by atoms with Crippen molar-refractivity contribution in [2.45, 2.75) is 6.61 Å². The van der Waals surface area contributed by atoms with Crippen LogP contribution in [0, 0.1) is 10.1 Å². The maximum absolute atomic E-state index is 11.0. The zero-order valence-electron chi connectivity index (χ0n) is 10.7. The third kappa shape index (κ3) is 3.79. The van der Waals surface area contributed by atoms with Crippen molar-refractivity contribution >= 4 is 27.6 Å². The number of nitro benzene ring substituents is 1. The number of nitro groups is 1. The number of hydrogen-bond acceptors (Lipinski definition) is 4. The molecule has 21 heavy (non-hydrogen) atoms. The number of nitrogens with zero attached hydrogens (tertiary/aromatic N) is 1. The SMILES string of the molecule is O=C(O)c1ccc(OCc2ccc(Br)cc2[N+](=O)[O-])cc1. The summed E-state index contributed by atoms with van der Waals surface area (Å²) in [5.41, 5.74) is 0.550. The van der Waals surface area contributed by atoms with E-state index >= 15 is 0 Å². The molecule has 2 rings (SSSR count). The Labute approximate surface area is 128 Å². The molecule has 0 aliphatic carbocycles. The van der Waals surface area contributed by atoms with Crippen molar-refractivity contribution in [3.05, 3.63) is 68.2 Å². The van der Waals surface area contributed by atoms with Crippen molar-refractivity contribution in [3.8, 4) is 5.75 Å². The number of ether oxygens (including phenoxy) is 1. The summed E-state index contributed by atoms with van der Waals surface area (Å²) >= 11 is 3.18. The monoisotopic (exact) mass is 351 g/mol. The summed E-state index contributed by atoms with van der Waals surface area (Å²) in [6.07, 6.45) is 0. The van der Waals surface area contributed by atoms with Crippen molar-refractivity contribution in [2.75, 3.05) is 0 Å². The van der Waals surface area contributed by atoms with Crippen LogP contribution in [-0.2, 0) is 6.61 Å². The van der Waals surface area contributed by atoms with Crippen LogP contribution in [0.3, 0.4) is 0 Å². The lowest BCUT2D eigenvalue weighted by Crippen LogP contribution is -2.01. The van der Waals surface area contributed by atoms with Gasteiger partial charge in [0.2, 0.25) is 0 Å². The van der Waals surface area contributed by atoms with E-state index in [0.29, 0.717) is 15.8 Å². The number of carboxylic acid groups (broad SMARTS) is 1. The molecule has 0 radical (unpaired) electrons. The normalized spacial score (nSPS) is 10.1. The van der Waals surface area contributed by atoms with Gasteiger partial charge in [-0.05, 0) is 36.4 Å². The van der Waals surface area contributed by atoms with Gasteiger partial charge in [-0.25, -0.2) is 4.79 Å². The molecule has 0 aromatic heterocycles. The molecule has 0 bridgehead atoms. The molecule has 0 fully saturated rings. The van der Waals surface area contributed by atoms with Gasteiger partial charge < -0.3 is 9.84 Å². The summed E-state index contributed by atoms with van der Waals surface area (Å²) in [5, 5.41) is 19.8. The summed E-state index contributed by atoms with van der Waals surface area (Å²) in [4.78, 5) is 21.2. The summed E-state index contributed by atoms with van der Waals surface area (Å²) in [6, 6.07) is 10.5. The van der Waals surface area contributed by atoms with E-state index in [1.165, 1.54) is 30.3 Å². The Morgan fingerprint density at radius 3 is 2.48 bits per heavy atom. The number of carbonyl (C=O) groups is 1. The van der Waals surface area contributed by atoms with E-state index in [-0.39, 0.29) is 17.9 Å². The van der Waals surface area contributed by atoms with Gasteiger partial charge in [-0.2, -0.15) is 0 Å². The van der Waals surface area contributed by atoms with E-state index in [1.807, 2.05) is 0 Å². The minimum absolute atomic E-state index is 0.0238. The fourth-order valence-corrected chi connectivity index (χ4v) is 2.03. The lowest BCUT2D eigenvalue weighted by atomic mass is 10.2. The molecule has 0 aliphatic rings. The van der Waals surface area contributed by atoms with Gasteiger partial charge in [0, 0.05) is 10.5 Å². The highest BCUT2D eigenvalue weighted by atomic mass is 79.9. The number of rotatable bonds is 5. The van der Waals surface area contributed by atoms with Crippen LogP contribution in [0.2, 0.25) is 0 Å². The minimum Gasteiger partial charge on any atom is -0.489 e. The van der Waals surface area contributed by atoms with Crippen LogP contribution in [0.5, 0.6) is 5.75 Å². The van der Waals surface area contributed by atoms with Crippen molar-refractivity contribution in [1.82, 2.24) is 0 Å². The van der Waals surface area contributed by atoms with Crippen molar-refractivity contribution in [3.63, 3.8) is 0 Å². The first-order chi connectivity index (χ1) is 9.97. The number of halogens is 1. The highest BCUT2D eigenvalue weighted by Crippen LogP contribution is 2.25. The molecule has 6 nitrogen and oxygen atoms in total. The average molecular weight is 352 g/mol. The average Bonchev–Trinajstić information content (AvgIpc) is 2.46. The van der Waals surface area contributed by atoms with Crippen LogP contribution in [-0.4, -0.2) is 16.0 Å². The van der Waals surface area contributed by atoms with E-state index in [4.69, 9.17) is 9.84 Å². The lowest BCUT2D eigenvalue weighted by molar-refractivity contribution is -0.385. The number of benzene rings is 2. The second kappa shape index (κ2) is 6.36. The van der Waals surface area contributed by atoms with Crippen LogP contribution in [0.4, 0.5) is 5.69 Å². The fraction of sp³-hybridized carbons (Fsp3) is 0.0714. The molecule has 108 valence electrons. The first kappa shape index (κ1) is 15.0. The number of carboxylic acids is 1. The van der Waals surface area contributed by atoms with Crippen molar-refractivity contribution in [2.24, 2.45) is 0 Å². The van der Waals surface area contributed by atoms with Crippen LogP contribution in [0.15, 0.2) is 46.9 Å². The highest BCUT2D eigenvalue weighted by molar-refractivity contribution is 9.10. The molecule has 7 heteroatoms. The first-order valence-electron chi connectivity index (χ1n) is 5.86. The first-order valence-corrected chi connectivity index (χ1v) is 6.65. The smallest absolute Gasteiger partial charge is 0.335 e. The van der Waals surface area contributed by atoms with Gasteiger partial charge in [-0.3, -0.25) is 10.1 Å². The molecule has 2 aromatic carbocycles. The lowest BCUT2D eigenvalue weighted by Gasteiger charge is -2.07. The summed E-state index contributed by atoms with van der Waals surface area (Å²) in [6.45, 7) is 0.0238. The van der Waals surface area contributed by atoms with E-state index in [0.717, 1.165) is 0 Å². The van der Waals surface area contributed by atoms with Gasteiger partial charge in [0.25, 0.3) is 5.69 Å². The third-order valence-electron chi connectivity index (χ3n) is 2.74. The predicted octanol–water partition coefficient (Wildman–Crippen LogP) is 3.63. The van der Waals surface area contributed by atoms with Gasteiger partial charge in [0.1, 0.15) is 12.4 Å². The van der Waals surface area contributed by atoms with Crippen LogP contribution in [0.1, 0.15) is 15.9 Å². The Kier molecular flexibility index (Phi) is 4.54. The van der Waals surface area contributed by atoms with Crippen LogP contribution >= 0.6 is 15.9 Å². The van der Waals surface area contributed by atoms with E-state index in [9.17, 15) is 14.9 Å². The predicted molar refractivity (Wildman–Crippen MR) is 78.5 cm³/mol. The summed E-state index contributed by atoms with van der Waals surface area (Å²) < 4.78 is 6.06. The second-order valence-corrected chi connectivity index (χ2v) is 5.06.